The zero-order valence-corrected chi connectivity index (χ0v) is 17.4. The molecule has 0 spiro atoms. The van der Waals surface area contributed by atoms with Gasteiger partial charge in [-0.05, 0) is 58.5 Å². The number of nitrogens with two attached hydrogens (primary N) is 1. The lowest BCUT2D eigenvalue weighted by molar-refractivity contribution is -0.125. The van der Waals surface area contributed by atoms with E-state index in [4.69, 9.17) is 10.5 Å². The fraction of sp³-hybridized carbons (Fsp3) is 0.200. The van der Waals surface area contributed by atoms with Crippen LogP contribution in [0.3, 0.4) is 0 Å². The molecule has 158 valence electrons. The van der Waals surface area contributed by atoms with Gasteiger partial charge < -0.3 is 21.1 Å². The third kappa shape index (κ3) is 4.59. The van der Waals surface area contributed by atoms with Gasteiger partial charge in [-0.3, -0.25) is 9.59 Å². The second-order valence-corrected chi connectivity index (χ2v) is 7.57. The van der Waals surface area contributed by atoms with Crippen LogP contribution >= 0.6 is 0 Å². The van der Waals surface area contributed by atoms with E-state index in [1.807, 2.05) is 54.6 Å². The lowest BCUT2D eigenvalue weighted by Crippen LogP contribution is -2.47. The molecule has 3 aromatic carbocycles. The van der Waals surface area contributed by atoms with Gasteiger partial charge in [0.05, 0.1) is 13.7 Å². The molecule has 0 heterocycles. The molecule has 31 heavy (non-hydrogen) atoms. The van der Waals surface area contributed by atoms with Crippen molar-refractivity contribution in [1.29, 1.82) is 0 Å². The van der Waals surface area contributed by atoms with E-state index in [-0.39, 0.29) is 18.4 Å². The zero-order chi connectivity index (χ0) is 21.8. The number of anilines is 1. The Hall–Kier alpha value is -3.64. The van der Waals surface area contributed by atoms with Crippen LogP contribution in [0.25, 0.3) is 11.1 Å². The Morgan fingerprint density at radius 2 is 1.74 bits per heavy atom. The van der Waals surface area contributed by atoms with E-state index in [2.05, 4.69) is 22.8 Å². The Morgan fingerprint density at radius 3 is 2.48 bits per heavy atom. The maximum absolute atomic E-state index is 13.0. The van der Waals surface area contributed by atoms with E-state index >= 15 is 0 Å². The number of carbonyl (C=O) groups excluding carboxylic acids is 2. The van der Waals surface area contributed by atoms with Gasteiger partial charge >= 0.3 is 0 Å². The Kier molecular flexibility index (Phi) is 6.00. The first kappa shape index (κ1) is 20.6. The van der Waals surface area contributed by atoms with Crippen LogP contribution in [0.1, 0.15) is 16.7 Å². The number of carbonyl (C=O) groups is 2. The van der Waals surface area contributed by atoms with Gasteiger partial charge in [0.2, 0.25) is 11.8 Å². The lowest BCUT2D eigenvalue weighted by Gasteiger charge is -2.19. The number of hydrogen-bond acceptors (Lipinski definition) is 4. The molecule has 0 radical (unpaired) electrons. The number of methoxy groups -OCH3 is 1. The standard InChI is InChI=1S/C25H25N3O3/c1-31-20-9-6-16(7-10-20)12-23(28-24(29)15-26)25(30)27-19-8-11-22-18(14-19)13-17-4-2-3-5-21(17)22/h2-11,14,23H,12-13,15,26H2,1H3,(H,27,30)(H,28,29)/t23-/m0/s1. The zero-order valence-electron chi connectivity index (χ0n) is 17.4. The summed E-state index contributed by atoms with van der Waals surface area (Å²) in [6.07, 6.45) is 1.19. The van der Waals surface area contributed by atoms with Crippen LogP contribution in [-0.2, 0) is 22.4 Å². The predicted octanol–water partition coefficient (Wildman–Crippen LogP) is 2.89. The Morgan fingerprint density at radius 1 is 1.00 bits per heavy atom. The number of amides is 2. The van der Waals surface area contributed by atoms with Crippen LogP contribution in [-0.4, -0.2) is 31.5 Å². The van der Waals surface area contributed by atoms with Crippen molar-refractivity contribution < 1.29 is 14.3 Å². The van der Waals surface area contributed by atoms with E-state index in [0.29, 0.717) is 12.1 Å². The maximum atomic E-state index is 13.0. The van der Waals surface area contributed by atoms with Gasteiger partial charge in [0, 0.05) is 12.1 Å². The topological polar surface area (TPSA) is 93.4 Å². The van der Waals surface area contributed by atoms with Crippen molar-refractivity contribution in [3.63, 3.8) is 0 Å². The molecule has 4 rings (SSSR count). The summed E-state index contributed by atoms with van der Waals surface area (Å²) in [6, 6.07) is 20.9. The van der Waals surface area contributed by atoms with Crippen molar-refractivity contribution >= 4 is 17.5 Å². The minimum atomic E-state index is -0.741. The lowest BCUT2D eigenvalue weighted by atomic mass is 10.0. The number of fused-ring (bicyclic) bond motifs is 3. The number of nitrogens with one attached hydrogen (secondary N) is 2. The summed E-state index contributed by atoms with van der Waals surface area (Å²) >= 11 is 0. The van der Waals surface area contributed by atoms with Crippen LogP contribution in [0, 0.1) is 0 Å². The summed E-state index contributed by atoms with van der Waals surface area (Å²) in [5.74, 6) is 0.0704. The van der Waals surface area contributed by atoms with Crippen molar-refractivity contribution in [2.24, 2.45) is 5.73 Å². The van der Waals surface area contributed by atoms with E-state index in [9.17, 15) is 9.59 Å². The second kappa shape index (κ2) is 9.02. The molecule has 1 aliphatic carbocycles. The summed E-state index contributed by atoms with van der Waals surface area (Å²) in [5.41, 5.74) is 12.0. The number of rotatable bonds is 7. The third-order valence-electron chi connectivity index (χ3n) is 5.50. The molecule has 0 aromatic heterocycles. The second-order valence-electron chi connectivity index (χ2n) is 7.57. The molecule has 0 unspecified atom stereocenters. The quantitative estimate of drug-likeness (QED) is 0.433. The van der Waals surface area contributed by atoms with Gasteiger partial charge in [-0.25, -0.2) is 0 Å². The molecule has 1 aliphatic rings. The van der Waals surface area contributed by atoms with E-state index < -0.39 is 6.04 Å². The fourth-order valence-corrected chi connectivity index (χ4v) is 3.91. The van der Waals surface area contributed by atoms with Crippen LogP contribution in [0.4, 0.5) is 5.69 Å². The molecular formula is C25H25N3O3. The van der Waals surface area contributed by atoms with Crippen LogP contribution in [0.2, 0.25) is 0 Å². The van der Waals surface area contributed by atoms with Crippen molar-refractivity contribution in [1.82, 2.24) is 5.32 Å². The van der Waals surface area contributed by atoms with Crippen LogP contribution in [0.15, 0.2) is 66.7 Å². The normalized spacial score (nSPS) is 12.5. The van der Waals surface area contributed by atoms with E-state index in [1.165, 1.54) is 22.3 Å². The Balaban J connectivity index is 1.50. The minimum absolute atomic E-state index is 0.177. The van der Waals surface area contributed by atoms with Crippen molar-refractivity contribution in [3.05, 3.63) is 83.4 Å². The first-order chi connectivity index (χ1) is 15.1. The molecule has 0 saturated heterocycles. The predicted molar refractivity (Wildman–Crippen MR) is 121 cm³/mol. The van der Waals surface area contributed by atoms with Gasteiger partial charge in [-0.1, -0.05) is 42.5 Å². The van der Waals surface area contributed by atoms with Gasteiger partial charge in [0.15, 0.2) is 0 Å². The SMILES string of the molecule is COc1ccc(C[C@H](NC(=O)CN)C(=O)Nc2ccc3c(c2)Cc2ccccc2-3)cc1. The summed E-state index contributed by atoms with van der Waals surface area (Å²) in [7, 11) is 1.60. The molecule has 3 aromatic rings. The Bertz CT molecular complexity index is 1110. The summed E-state index contributed by atoms with van der Waals surface area (Å²) in [5, 5.41) is 5.67. The molecule has 4 N–H and O–H groups in total. The first-order valence-corrected chi connectivity index (χ1v) is 10.2. The van der Waals surface area contributed by atoms with E-state index in [0.717, 1.165) is 17.7 Å². The molecule has 6 nitrogen and oxygen atoms in total. The summed E-state index contributed by atoms with van der Waals surface area (Å²) in [6.45, 7) is -0.177. The van der Waals surface area contributed by atoms with Crippen molar-refractivity contribution in [3.8, 4) is 16.9 Å². The smallest absolute Gasteiger partial charge is 0.247 e. The summed E-state index contributed by atoms with van der Waals surface area (Å²) < 4.78 is 5.18. The molecule has 0 aliphatic heterocycles. The van der Waals surface area contributed by atoms with Gasteiger partial charge in [0.1, 0.15) is 11.8 Å². The highest BCUT2D eigenvalue weighted by molar-refractivity contribution is 5.98. The average Bonchev–Trinajstić information content (AvgIpc) is 3.16. The highest BCUT2D eigenvalue weighted by Gasteiger charge is 2.23. The number of hydrogen-bond donors (Lipinski definition) is 3. The largest absolute Gasteiger partial charge is 0.497 e. The van der Waals surface area contributed by atoms with Crippen molar-refractivity contribution in [2.75, 3.05) is 19.0 Å². The van der Waals surface area contributed by atoms with E-state index in [1.54, 1.807) is 7.11 Å². The number of ether oxygens (including phenoxy) is 1. The molecule has 0 saturated carbocycles. The summed E-state index contributed by atoms with van der Waals surface area (Å²) in [4.78, 5) is 24.9. The third-order valence-corrected chi connectivity index (χ3v) is 5.50. The highest BCUT2D eigenvalue weighted by Crippen LogP contribution is 2.37. The molecule has 0 bridgehead atoms. The van der Waals surface area contributed by atoms with Crippen LogP contribution < -0.4 is 21.1 Å². The first-order valence-electron chi connectivity index (χ1n) is 10.2. The van der Waals surface area contributed by atoms with Crippen LogP contribution in [0.5, 0.6) is 5.75 Å². The molecule has 2 amide bonds. The molecular weight excluding hydrogens is 390 g/mol. The maximum Gasteiger partial charge on any atom is 0.247 e. The monoisotopic (exact) mass is 415 g/mol. The van der Waals surface area contributed by atoms with Crippen molar-refractivity contribution in [2.45, 2.75) is 18.9 Å². The molecule has 1 atom stereocenters. The Labute approximate surface area is 181 Å². The van der Waals surface area contributed by atoms with Gasteiger partial charge in [-0.15, -0.1) is 0 Å². The minimum Gasteiger partial charge on any atom is -0.497 e. The van der Waals surface area contributed by atoms with Gasteiger partial charge in [0.25, 0.3) is 0 Å². The molecule has 6 heteroatoms. The number of benzene rings is 3. The van der Waals surface area contributed by atoms with Gasteiger partial charge in [-0.2, -0.15) is 0 Å². The molecule has 0 fully saturated rings. The fourth-order valence-electron chi connectivity index (χ4n) is 3.91. The average molecular weight is 415 g/mol. The highest BCUT2D eigenvalue weighted by atomic mass is 16.5.